The minimum absolute atomic E-state index is 0.0151. The van der Waals surface area contributed by atoms with Crippen molar-refractivity contribution in [3.8, 4) is 5.75 Å². The van der Waals surface area contributed by atoms with Crippen molar-refractivity contribution in [2.45, 2.75) is 43.7 Å². The Balaban J connectivity index is 1.41. The summed E-state index contributed by atoms with van der Waals surface area (Å²) >= 11 is 0. The number of benzene rings is 2. The van der Waals surface area contributed by atoms with E-state index in [0.717, 1.165) is 60.9 Å². The van der Waals surface area contributed by atoms with Crippen molar-refractivity contribution in [2.24, 2.45) is 5.92 Å². The average molecular weight is 464 g/mol. The van der Waals surface area contributed by atoms with E-state index < -0.39 is 0 Å². The molecule has 6 heteroatoms. The summed E-state index contributed by atoms with van der Waals surface area (Å²) in [5, 5.41) is 11.8. The number of aromatic nitrogens is 1. The molecule has 2 aromatic carbocycles. The maximum Gasteiger partial charge on any atom is 0.123 e. The second kappa shape index (κ2) is 8.67. The molecule has 0 radical (unpaired) electrons. The average Bonchev–Trinajstić information content (AvgIpc) is 3.57. The molecule has 6 rings (SSSR count). The Labute approximate surface area is 200 Å². The number of halogens is 1. The minimum atomic E-state index is -0.212. The largest absolute Gasteiger partial charge is 0.497 e. The SMILES string of the molecule is COc1ccc2c3c([nH]c2c1)[C@@H](CO)N(Cc1cccc(F)c1)CC31CCN(CC2CC2)CC1. The lowest BCUT2D eigenvalue weighted by atomic mass is 9.68. The second-order valence-corrected chi connectivity index (χ2v) is 10.6. The molecule has 0 amide bonds. The molecule has 2 aliphatic heterocycles. The highest BCUT2D eigenvalue weighted by Gasteiger charge is 2.47. The Bertz CT molecular complexity index is 1180. The third-order valence-corrected chi connectivity index (χ3v) is 8.32. The summed E-state index contributed by atoms with van der Waals surface area (Å²) in [5.74, 6) is 1.52. The van der Waals surface area contributed by atoms with E-state index in [0.29, 0.717) is 6.54 Å². The Morgan fingerprint density at radius 1 is 1.15 bits per heavy atom. The van der Waals surface area contributed by atoms with Crippen LogP contribution in [0, 0.1) is 11.7 Å². The van der Waals surface area contributed by atoms with Crippen LogP contribution >= 0.6 is 0 Å². The quantitative estimate of drug-likeness (QED) is 0.561. The maximum atomic E-state index is 14.0. The molecule has 1 spiro atoms. The number of fused-ring (bicyclic) bond motifs is 4. The number of likely N-dealkylation sites (tertiary alicyclic amines) is 1. The van der Waals surface area contributed by atoms with Gasteiger partial charge in [-0.1, -0.05) is 12.1 Å². The third-order valence-electron chi connectivity index (χ3n) is 8.32. The molecule has 1 saturated carbocycles. The number of rotatable bonds is 6. The van der Waals surface area contributed by atoms with Crippen LogP contribution in [-0.2, 0) is 12.0 Å². The van der Waals surface area contributed by atoms with Gasteiger partial charge in [0.2, 0.25) is 0 Å². The van der Waals surface area contributed by atoms with E-state index in [1.54, 1.807) is 19.2 Å². The van der Waals surface area contributed by atoms with E-state index in [9.17, 15) is 9.50 Å². The first kappa shape index (κ1) is 22.1. The minimum Gasteiger partial charge on any atom is -0.497 e. The first-order chi connectivity index (χ1) is 16.6. The topological polar surface area (TPSA) is 51.7 Å². The summed E-state index contributed by atoms with van der Waals surface area (Å²) in [4.78, 5) is 8.68. The van der Waals surface area contributed by atoms with E-state index in [1.807, 2.05) is 12.1 Å². The number of hydrogen-bond donors (Lipinski definition) is 2. The zero-order chi connectivity index (χ0) is 23.3. The number of methoxy groups -OCH3 is 1. The van der Waals surface area contributed by atoms with Gasteiger partial charge < -0.3 is 19.7 Å². The van der Waals surface area contributed by atoms with Crippen LogP contribution in [0.1, 0.15) is 48.5 Å². The predicted octanol–water partition coefficient (Wildman–Crippen LogP) is 4.61. The summed E-state index contributed by atoms with van der Waals surface area (Å²) in [6, 6.07) is 13.0. The predicted molar refractivity (Wildman–Crippen MR) is 132 cm³/mol. The molecule has 2 fully saturated rings. The third kappa shape index (κ3) is 3.92. The lowest BCUT2D eigenvalue weighted by Gasteiger charge is -2.50. The van der Waals surface area contributed by atoms with Gasteiger partial charge in [-0.2, -0.15) is 0 Å². The van der Waals surface area contributed by atoms with Crippen molar-refractivity contribution >= 4 is 10.9 Å². The molecule has 0 unspecified atom stereocenters. The Kier molecular flexibility index (Phi) is 5.63. The first-order valence-corrected chi connectivity index (χ1v) is 12.6. The fraction of sp³-hybridized carbons (Fsp3) is 0.500. The van der Waals surface area contributed by atoms with Gasteiger partial charge in [0, 0.05) is 47.7 Å². The van der Waals surface area contributed by atoms with Crippen molar-refractivity contribution in [1.82, 2.24) is 14.8 Å². The molecule has 1 saturated heterocycles. The molecule has 2 N–H and O–H groups in total. The molecule has 3 aliphatic rings. The molecule has 3 aromatic rings. The summed E-state index contributed by atoms with van der Waals surface area (Å²) in [6.07, 6.45) is 4.97. The van der Waals surface area contributed by atoms with Crippen LogP contribution in [0.15, 0.2) is 42.5 Å². The number of aromatic amines is 1. The fourth-order valence-corrected chi connectivity index (χ4v) is 6.39. The zero-order valence-electron chi connectivity index (χ0n) is 19.9. The number of aliphatic hydroxyl groups is 1. The van der Waals surface area contributed by atoms with Gasteiger partial charge in [0.25, 0.3) is 0 Å². The van der Waals surface area contributed by atoms with E-state index in [2.05, 4.69) is 26.9 Å². The van der Waals surface area contributed by atoms with Crippen LogP contribution in [-0.4, -0.2) is 59.8 Å². The smallest absolute Gasteiger partial charge is 0.123 e. The number of aliphatic hydroxyl groups excluding tert-OH is 1. The zero-order valence-corrected chi connectivity index (χ0v) is 19.9. The van der Waals surface area contributed by atoms with Crippen LogP contribution in [0.2, 0.25) is 0 Å². The van der Waals surface area contributed by atoms with Gasteiger partial charge in [-0.25, -0.2) is 4.39 Å². The summed E-state index contributed by atoms with van der Waals surface area (Å²) in [6.45, 7) is 4.97. The molecule has 0 bridgehead atoms. The Morgan fingerprint density at radius 2 is 1.97 bits per heavy atom. The van der Waals surface area contributed by atoms with E-state index in [-0.39, 0.29) is 23.9 Å². The molecular weight excluding hydrogens is 429 g/mol. The van der Waals surface area contributed by atoms with Crippen LogP contribution in [0.3, 0.4) is 0 Å². The molecular formula is C28H34FN3O2. The fourth-order valence-electron chi connectivity index (χ4n) is 6.39. The summed E-state index contributed by atoms with van der Waals surface area (Å²) < 4.78 is 19.5. The van der Waals surface area contributed by atoms with Gasteiger partial charge in [-0.3, -0.25) is 4.90 Å². The highest BCUT2D eigenvalue weighted by atomic mass is 19.1. The van der Waals surface area contributed by atoms with Gasteiger partial charge in [0.1, 0.15) is 11.6 Å². The number of nitrogens with zero attached hydrogens (tertiary/aromatic N) is 2. The monoisotopic (exact) mass is 463 g/mol. The molecule has 180 valence electrons. The van der Waals surface area contributed by atoms with Gasteiger partial charge in [0.05, 0.1) is 19.8 Å². The van der Waals surface area contributed by atoms with Crippen molar-refractivity contribution in [2.75, 3.05) is 39.9 Å². The molecule has 1 aromatic heterocycles. The van der Waals surface area contributed by atoms with E-state index >= 15 is 0 Å². The Hall–Kier alpha value is -2.41. The second-order valence-electron chi connectivity index (χ2n) is 10.6. The summed E-state index contributed by atoms with van der Waals surface area (Å²) in [5.41, 5.74) is 4.52. The van der Waals surface area contributed by atoms with Crippen LogP contribution in [0.4, 0.5) is 4.39 Å². The standard InChI is InChI=1S/C28H34FN3O2/c1-34-22-7-8-23-24(14-22)30-27-25(17-33)32(16-20-3-2-4-21(29)13-20)18-28(26(23)27)9-11-31(12-10-28)15-19-5-6-19/h2-4,7-8,13-14,19,25,30,33H,5-6,9-12,15-18H2,1H3/t25-/m1/s1. The normalized spacial score (nSPS) is 22.9. The van der Waals surface area contributed by atoms with Gasteiger partial charge >= 0.3 is 0 Å². The number of H-pyrrole nitrogens is 1. The molecule has 1 atom stereocenters. The summed E-state index contributed by atoms with van der Waals surface area (Å²) in [7, 11) is 1.69. The highest BCUT2D eigenvalue weighted by Crippen LogP contribution is 2.49. The maximum absolute atomic E-state index is 14.0. The van der Waals surface area contributed by atoms with Crippen molar-refractivity contribution < 1.29 is 14.2 Å². The number of hydrogen-bond acceptors (Lipinski definition) is 4. The van der Waals surface area contributed by atoms with E-state index in [1.165, 1.54) is 36.4 Å². The van der Waals surface area contributed by atoms with Crippen LogP contribution < -0.4 is 4.74 Å². The lowest BCUT2D eigenvalue weighted by molar-refractivity contribution is 0.0425. The highest BCUT2D eigenvalue weighted by molar-refractivity contribution is 5.87. The van der Waals surface area contributed by atoms with E-state index in [4.69, 9.17) is 4.74 Å². The van der Waals surface area contributed by atoms with Crippen molar-refractivity contribution in [1.29, 1.82) is 0 Å². The number of nitrogens with one attached hydrogen (secondary N) is 1. The molecule has 34 heavy (non-hydrogen) atoms. The first-order valence-electron chi connectivity index (χ1n) is 12.6. The van der Waals surface area contributed by atoms with Gasteiger partial charge in [-0.05, 0) is 80.1 Å². The van der Waals surface area contributed by atoms with Crippen molar-refractivity contribution in [3.63, 3.8) is 0 Å². The Morgan fingerprint density at radius 3 is 2.68 bits per heavy atom. The van der Waals surface area contributed by atoms with Gasteiger partial charge in [0.15, 0.2) is 0 Å². The van der Waals surface area contributed by atoms with Crippen LogP contribution in [0.25, 0.3) is 10.9 Å². The lowest BCUT2D eigenvalue weighted by Crippen LogP contribution is -2.53. The van der Waals surface area contributed by atoms with Crippen LogP contribution in [0.5, 0.6) is 5.75 Å². The molecule has 3 heterocycles. The molecule has 1 aliphatic carbocycles. The van der Waals surface area contributed by atoms with Gasteiger partial charge in [-0.15, -0.1) is 0 Å². The molecule has 5 nitrogen and oxygen atoms in total. The number of ether oxygens (including phenoxy) is 1. The number of piperidine rings is 1. The van der Waals surface area contributed by atoms with Crippen molar-refractivity contribution in [3.05, 3.63) is 65.1 Å².